The molecule has 0 aromatic carbocycles. The molecule has 5 nitrogen and oxygen atoms in total. The molecule has 0 N–H and O–H groups in total. The van der Waals surface area contributed by atoms with Crippen LogP contribution in [-0.2, 0) is 22.5 Å². The highest BCUT2D eigenvalue weighted by Gasteiger charge is 2.32. The van der Waals surface area contributed by atoms with Gasteiger partial charge in [0.15, 0.2) is 0 Å². The van der Waals surface area contributed by atoms with Crippen LogP contribution in [0.25, 0.3) is 0 Å². The Morgan fingerprint density at radius 3 is 2.64 bits per heavy atom. The second-order valence-corrected chi connectivity index (χ2v) is 6.71. The summed E-state index contributed by atoms with van der Waals surface area (Å²) in [5, 5.41) is 4.61. The first kappa shape index (κ1) is 17.0. The van der Waals surface area contributed by atoms with Gasteiger partial charge >= 0.3 is 0 Å². The number of ether oxygens (including phenoxy) is 1. The molecule has 1 aromatic heterocycles. The third-order valence-electron chi connectivity index (χ3n) is 4.24. The maximum atomic E-state index is 12.7. The van der Waals surface area contributed by atoms with Crippen molar-refractivity contribution < 1.29 is 9.53 Å². The zero-order valence-corrected chi connectivity index (χ0v) is 14.6. The smallest absolute Gasteiger partial charge is 0.227 e. The van der Waals surface area contributed by atoms with E-state index in [9.17, 15) is 4.79 Å². The highest BCUT2D eigenvalue weighted by Crippen LogP contribution is 2.28. The normalized spacial score (nSPS) is 14.6. The predicted molar refractivity (Wildman–Crippen MR) is 86.9 cm³/mol. The lowest BCUT2D eigenvalue weighted by molar-refractivity contribution is -0.131. The van der Waals surface area contributed by atoms with Crippen LogP contribution in [0.3, 0.4) is 0 Å². The van der Waals surface area contributed by atoms with Crippen molar-refractivity contribution in [3.05, 3.63) is 17.0 Å². The topological polar surface area (TPSA) is 47.4 Å². The lowest BCUT2D eigenvalue weighted by atomic mass is 10.1. The Morgan fingerprint density at radius 1 is 1.41 bits per heavy atom. The van der Waals surface area contributed by atoms with E-state index in [2.05, 4.69) is 25.9 Å². The summed E-state index contributed by atoms with van der Waals surface area (Å²) in [6.07, 6.45) is 2.70. The molecule has 1 aliphatic carbocycles. The first-order valence-electron chi connectivity index (χ1n) is 8.25. The summed E-state index contributed by atoms with van der Waals surface area (Å²) >= 11 is 0. The standard InChI is InChI=1S/C17H29N3O2/c1-12(2)11-20-14(4)16(13(3)18-20)10-17(21)19(8-9-22-5)15-6-7-15/h12,15H,6-11H2,1-5H3. The van der Waals surface area contributed by atoms with Crippen LogP contribution in [0, 0.1) is 19.8 Å². The number of aryl methyl sites for hydroxylation is 1. The Labute approximate surface area is 133 Å². The number of hydrogen-bond acceptors (Lipinski definition) is 3. The molecular formula is C17H29N3O2. The Kier molecular flexibility index (Phi) is 5.62. The molecule has 0 atom stereocenters. The van der Waals surface area contributed by atoms with Crippen LogP contribution in [-0.4, -0.2) is 46.9 Å². The molecule has 124 valence electrons. The number of hydrogen-bond donors (Lipinski definition) is 0. The third kappa shape index (κ3) is 4.09. The largest absolute Gasteiger partial charge is 0.383 e. The lowest BCUT2D eigenvalue weighted by Crippen LogP contribution is -2.37. The van der Waals surface area contributed by atoms with Crippen LogP contribution in [0.15, 0.2) is 0 Å². The highest BCUT2D eigenvalue weighted by atomic mass is 16.5. The molecule has 2 rings (SSSR count). The van der Waals surface area contributed by atoms with Crippen molar-refractivity contribution in [3.63, 3.8) is 0 Å². The second kappa shape index (κ2) is 7.27. The van der Waals surface area contributed by atoms with E-state index in [0.29, 0.717) is 31.5 Å². The van der Waals surface area contributed by atoms with Crippen LogP contribution >= 0.6 is 0 Å². The van der Waals surface area contributed by atoms with Crippen molar-refractivity contribution in [1.82, 2.24) is 14.7 Å². The van der Waals surface area contributed by atoms with Gasteiger partial charge in [0.1, 0.15) is 0 Å². The minimum absolute atomic E-state index is 0.204. The summed E-state index contributed by atoms with van der Waals surface area (Å²) in [5.74, 6) is 0.751. The zero-order valence-electron chi connectivity index (χ0n) is 14.6. The minimum atomic E-state index is 0.204. The molecule has 0 unspecified atom stereocenters. The second-order valence-electron chi connectivity index (χ2n) is 6.71. The van der Waals surface area contributed by atoms with Crippen molar-refractivity contribution in [2.24, 2.45) is 5.92 Å². The van der Waals surface area contributed by atoms with Crippen molar-refractivity contribution in [2.45, 2.75) is 59.5 Å². The van der Waals surface area contributed by atoms with E-state index in [1.807, 2.05) is 16.5 Å². The minimum Gasteiger partial charge on any atom is -0.383 e. The number of rotatable bonds is 8. The van der Waals surface area contributed by atoms with Gasteiger partial charge in [0, 0.05) is 37.5 Å². The van der Waals surface area contributed by atoms with E-state index < -0.39 is 0 Å². The maximum absolute atomic E-state index is 12.7. The van der Waals surface area contributed by atoms with E-state index in [0.717, 1.165) is 36.3 Å². The van der Waals surface area contributed by atoms with Gasteiger partial charge in [0.2, 0.25) is 5.91 Å². The summed E-state index contributed by atoms with van der Waals surface area (Å²) in [7, 11) is 1.68. The Bertz CT molecular complexity index is 518. The first-order chi connectivity index (χ1) is 10.4. The van der Waals surface area contributed by atoms with Gasteiger partial charge in [-0.25, -0.2) is 0 Å². The number of aromatic nitrogens is 2. The van der Waals surface area contributed by atoms with E-state index in [4.69, 9.17) is 4.74 Å². The van der Waals surface area contributed by atoms with E-state index in [1.54, 1.807) is 7.11 Å². The number of amides is 1. The summed E-state index contributed by atoms with van der Waals surface area (Å²) in [5.41, 5.74) is 3.20. The van der Waals surface area contributed by atoms with Crippen LogP contribution in [0.5, 0.6) is 0 Å². The zero-order chi connectivity index (χ0) is 16.3. The van der Waals surface area contributed by atoms with E-state index >= 15 is 0 Å². The van der Waals surface area contributed by atoms with Crippen molar-refractivity contribution in [1.29, 1.82) is 0 Å². The first-order valence-corrected chi connectivity index (χ1v) is 8.25. The Balaban J connectivity index is 2.08. The van der Waals surface area contributed by atoms with Crippen molar-refractivity contribution in [2.75, 3.05) is 20.3 Å². The molecular weight excluding hydrogens is 278 g/mol. The number of carbonyl (C=O) groups excluding carboxylic acids is 1. The van der Waals surface area contributed by atoms with Gasteiger partial charge in [0.05, 0.1) is 18.7 Å². The molecule has 1 saturated carbocycles. The molecule has 0 radical (unpaired) electrons. The molecule has 1 aliphatic rings. The van der Waals surface area contributed by atoms with Gasteiger partial charge in [0.25, 0.3) is 0 Å². The third-order valence-corrected chi connectivity index (χ3v) is 4.24. The number of methoxy groups -OCH3 is 1. The SMILES string of the molecule is COCCN(C(=O)Cc1c(C)nn(CC(C)C)c1C)C1CC1. The number of nitrogens with zero attached hydrogens (tertiary/aromatic N) is 3. The number of carbonyl (C=O) groups is 1. The fourth-order valence-corrected chi connectivity index (χ4v) is 2.85. The fraction of sp³-hybridized carbons (Fsp3) is 0.765. The van der Waals surface area contributed by atoms with Gasteiger partial charge in [-0.3, -0.25) is 9.48 Å². The molecule has 0 saturated heterocycles. The molecule has 0 bridgehead atoms. The monoisotopic (exact) mass is 307 g/mol. The average Bonchev–Trinajstić information content (AvgIpc) is 3.24. The van der Waals surface area contributed by atoms with Gasteiger partial charge < -0.3 is 9.64 Å². The Morgan fingerprint density at radius 2 is 2.09 bits per heavy atom. The molecule has 22 heavy (non-hydrogen) atoms. The van der Waals surface area contributed by atoms with Gasteiger partial charge in [-0.2, -0.15) is 5.10 Å². The maximum Gasteiger partial charge on any atom is 0.227 e. The highest BCUT2D eigenvalue weighted by molar-refractivity contribution is 5.80. The van der Waals surface area contributed by atoms with Crippen LogP contribution in [0.2, 0.25) is 0 Å². The Hall–Kier alpha value is -1.36. The molecule has 0 aliphatic heterocycles. The van der Waals surface area contributed by atoms with E-state index in [-0.39, 0.29) is 5.91 Å². The van der Waals surface area contributed by atoms with Crippen molar-refractivity contribution >= 4 is 5.91 Å². The molecule has 1 amide bonds. The van der Waals surface area contributed by atoms with Crippen LogP contribution in [0.1, 0.15) is 43.6 Å². The van der Waals surface area contributed by atoms with E-state index in [1.165, 1.54) is 0 Å². The lowest BCUT2D eigenvalue weighted by Gasteiger charge is -2.22. The van der Waals surface area contributed by atoms with Gasteiger partial charge in [-0.05, 0) is 32.6 Å². The molecule has 1 fully saturated rings. The van der Waals surface area contributed by atoms with Crippen LogP contribution in [0.4, 0.5) is 0 Å². The molecule has 0 spiro atoms. The average molecular weight is 307 g/mol. The van der Waals surface area contributed by atoms with Crippen molar-refractivity contribution in [3.8, 4) is 0 Å². The summed E-state index contributed by atoms with van der Waals surface area (Å²) in [6, 6.07) is 0.425. The summed E-state index contributed by atoms with van der Waals surface area (Å²) in [4.78, 5) is 14.7. The van der Waals surface area contributed by atoms with Crippen LogP contribution < -0.4 is 0 Å². The molecule has 5 heteroatoms. The van der Waals surface area contributed by atoms with Gasteiger partial charge in [-0.1, -0.05) is 13.8 Å². The quantitative estimate of drug-likeness (QED) is 0.740. The summed E-state index contributed by atoms with van der Waals surface area (Å²) in [6.45, 7) is 10.6. The fourth-order valence-electron chi connectivity index (χ4n) is 2.85. The molecule has 1 heterocycles. The molecule has 1 aromatic rings. The predicted octanol–water partition coefficient (Wildman–Crippen LogP) is 2.34. The van der Waals surface area contributed by atoms with Gasteiger partial charge in [-0.15, -0.1) is 0 Å². The summed E-state index contributed by atoms with van der Waals surface area (Å²) < 4.78 is 7.18.